The summed E-state index contributed by atoms with van der Waals surface area (Å²) in [5.41, 5.74) is 0. The molecule has 12 nitrogen and oxygen atoms in total. The van der Waals surface area contributed by atoms with Crippen LogP contribution in [0.4, 0.5) is 0 Å². The first-order valence-corrected chi connectivity index (χ1v) is 30.2. The third-order valence-corrected chi connectivity index (χ3v) is 13.1. The number of hydrogen-bond donors (Lipinski definition) is 3. The number of ether oxygens (including phenoxy) is 5. The molecule has 1 aliphatic rings. The molecule has 0 saturated carbocycles. The maximum atomic E-state index is 13.1. The minimum Gasteiger partial charge on any atom is -0.479 e. The summed E-state index contributed by atoms with van der Waals surface area (Å²) in [4.78, 5) is 51.1. The Balaban J connectivity index is 2.71. The lowest BCUT2D eigenvalue weighted by Gasteiger charge is -2.40. The number of esters is 3. The highest BCUT2D eigenvalue weighted by Crippen LogP contribution is 2.26. The van der Waals surface area contributed by atoms with Gasteiger partial charge in [-0.15, -0.1) is 0 Å². The molecule has 0 aromatic heterocycles. The summed E-state index contributed by atoms with van der Waals surface area (Å²) in [6.45, 7) is 5.69. The van der Waals surface area contributed by atoms with Gasteiger partial charge in [0.15, 0.2) is 24.6 Å². The van der Waals surface area contributed by atoms with E-state index in [9.17, 15) is 34.5 Å². The first-order valence-electron chi connectivity index (χ1n) is 30.2. The van der Waals surface area contributed by atoms with E-state index in [-0.39, 0.29) is 25.9 Å². The maximum absolute atomic E-state index is 13.1. The van der Waals surface area contributed by atoms with Crippen LogP contribution in [0.1, 0.15) is 239 Å². The predicted molar refractivity (Wildman–Crippen MR) is 312 cm³/mol. The summed E-state index contributed by atoms with van der Waals surface area (Å²) in [5.74, 6) is -3.25. The number of hydrogen-bond acceptors (Lipinski definition) is 11. The highest BCUT2D eigenvalue weighted by atomic mass is 16.7. The zero-order chi connectivity index (χ0) is 56.1. The molecule has 12 heteroatoms. The standard InChI is InChI=1S/C65H106O12/c1-4-7-10-13-16-19-22-25-27-29-31-34-36-39-42-45-48-51-57(66)73-54-56(75-58(67)52-49-46-43-40-37-33-24-21-18-15-12-9-6-3)55-74-65-63(61(70)60(69)62(77-65)64(71)72)76-59(68)53-50-47-44-41-38-35-32-30-28-26-23-20-17-14-11-8-5-2/h8-9,11-12,17-18,20-21,25-28,33,37,43,46,56,60-63,65,69-70H,4-7,10,13-16,19,22-24,29-32,34-36,38-42,44-45,47-55H2,1-3H3,(H,71,72)/b11-8-,12-9-,20-17-,21-18-,27-25-,28-26-,37-33-,46-43-. The van der Waals surface area contributed by atoms with Crippen LogP contribution in [0.25, 0.3) is 0 Å². The average Bonchev–Trinajstić information content (AvgIpc) is 3.42. The molecule has 1 heterocycles. The van der Waals surface area contributed by atoms with Crippen molar-refractivity contribution in [3.63, 3.8) is 0 Å². The summed E-state index contributed by atoms with van der Waals surface area (Å²) < 4.78 is 28.3. The molecule has 1 rings (SSSR count). The topological polar surface area (TPSA) is 175 Å². The smallest absolute Gasteiger partial charge is 0.335 e. The SMILES string of the molecule is CC/C=C\C/C=C\C/C=C\C/C=C\CCC(=O)OC(COC(=O)CCCCCCCCC/C=C\CCCCCCCC)COC1OC(C(=O)O)C(O)C(O)C1OC(=O)CCCCCCCCC/C=C\C/C=C\C/C=C\CC. The van der Waals surface area contributed by atoms with Gasteiger partial charge in [0.05, 0.1) is 6.61 Å². The Morgan fingerprint density at radius 1 is 0.442 bits per heavy atom. The lowest BCUT2D eigenvalue weighted by molar-refractivity contribution is -0.301. The van der Waals surface area contributed by atoms with Crippen LogP contribution in [0.2, 0.25) is 0 Å². The van der Waals surface area contributed by atoms with Gasteiger partial charge in [-0.05, 0) is 103 Å². The van der Waals surface area contributed by atoms with Gasteiger partial charge in [0.2, 0.25) is 0 Å². The lowest BCUT2D eigenvalue weighted by Crippen LogP contribution is -2.61. The van der Waals surface area contributed by atoms with Crippen molar-refractivity contribution in [1.29, 1.82) is 0 Å². The number of allylic oxidation sites excluding steroid dienone is 16. The van der Waals surface area contributed by atoms with Crippen molar-refractivity contribution in [2.24, 2.45) is 0 Å². The van der Waals surface area contributed by atoms with E-state index in [2.05, 4.69) is 106 Å². The molecule has 6 atom stereocenters. The first kappa shape index (κ1) is 70.7. The van der Waals surface area contributed by atoms with E-state index >= 15 is 0 Å². The molecule has 1 saturated heterocycles. The van der Waals surface area contributed by atoms with Gasteiger partial charge in [0.25, 0.3) is 0 Å². The fourth-order valence-electron chi connectivity index (χ4n) is 8.57. The van der Waals surface area contributed by atoms with Gasteiger partial charge in [-0.25, -0.2) is 4.79 Å². The minimum absolute atomic E-state index is 0.0362. The van der Waals surface area contributed by atoms with Crippen molar-refractivity contribution in [2.75, 3.05) is 13.2 Å². The first-order chi connectivity index (χ1) is 37.6. The number of rotatable bonds is 50. The lowest BCUT2D eigenvalue weighted by atomic mass is 9.98. The molecule has 3 N–H and O–H groups in total. The Labute approximate surface area is 466 Å². The molecule has 0 amide bonds. The van der Waals surface area contributed by atoms with Crippen molar-refractivity contribution >= 4 is 23.9 Å². The second-order valence-corrected chi connectivity index (χ2v) is 20.2. The highest BCUT2D eigenvalue weighted by molar-refractivity contribution is 5.74. The molecule has 0 bridgehead atoms. The number of carbonyl (C=O) groups is 4. The van der Waals surface area contributed by atoms with Gasteiger partial charge in [0.1, 0.15) is 18.8 Å². The Bertz CT molecular complexity index is 1710. The number of carbonyl (C=O) groups excluding carboxylic acids is 3. The molecule has 0 spiro atoms. The van der Waals surface area contributed by atoms with E-state index in [1.165, 1.54) is 57.8 Å². The van der Waals surface area contributed by atoms with E-state index in [1.54, 1.807) is 0 Å². The average molecular weight is 1080 g/mol. The largest absolute Gasteiger partial charge is 0.479 e. The highest BCUT2D eigenvalue weighted by Gasteiger charge is 2.50. The van der Waals surface area contributed by atoms with Crippen LogP contribution in [0.5, 0.6) is 0 Å². The summed E-state index contributed by atoms with van der Waals surface area (Å²) in [6, 6.07) is 0. The summed E-state index contributed by atoms with van der Waals surface area (Å²) in [5, 5.41) is 31.5. The van der Waals surface area contributed by atoms with Gasteiger partial charge in [-0.1, -0.05) is 214 Å². The van der Waals surface area contributed by atoms with Gasteiger partial charge in [-0.3, -0.25) is 14.4 Å². The molecular weight excluding hydrogens is 973 g/mol. The zero-order valence-corrected chi connectivity index (χ0v) is 48.2. The van der Waals surface area contributed by atoms with Crippen LogP contribution in [-0.2, 0) is 42.9 Å². The zero-order valence-electron chi connectivity index (χ0n) is 48.2. The van der Waals surface area contributed by atoms with Gasteiger partial charge >= 0.3 is 23.9 Å². The van der Waals surface area contributed by atoms with E-state index in [4.69, 9.17) is 23.7 Å². The maximum Gasteiger partial charge on any atom is 0.335 e. The number of unbranched alkanes of at least 4 members (excludes halogenated alkanes) is 20. The van der Waals surface area contributed by atoms with Crippen molar-refractivity contribution in [3.05, 3.63) is 97.2 Å². The Kier molecular flexibility index (Phi) is 48.0. The second kappa shape index (κ2) is 52.3. The molecule has 0 aromatic carbocycles. The van der Waals surface area contributed by atoms with Crippen LogP contribution in [0.15, 0.2) is 97.2 Å². The fourth-order valence-corrected chi connectivity index (χ4v) is 8.57. The van der Waals surface area contributed by atoms with Gasteiger partial charge in [0, 0.05) is 19.3 Å². The van der Waals surface area contributed by atoms with Crippen LogP contribution in [-0.4, -0.2) is 89.2 Å². The number of aliphatic hydroxyl groups is 2. The van der Waals surface area contributed by atoms with Crippen LogP contribution in [0, 0.1) is 0 Å². The van der Waals surface area contributed by atoms with Crippen molar-refractivity contribution < 1.29 is 58.2 Å². The van der Waals surface area contributed by atoms with E-state index in [0.29, 0.717) is 25.7 Å². The molecule has 77 heavy (non-hydrogen) atoms. The molecule has 0 aromatic rings. The third kappa shape index (κ3) is 42.3. The number of carboxylic acid groups (broad SMARTS) is 1. The monoisotopic (exact) mass is 1080 g/mol. The van der Waals surface area contributed by atoms with Crippen LogP contribution < -0.4 is 0 Å². The molecule has 1 fully saturated rings. The summed E-state index contributed by atoms with van der Waals surface area (Å²) in [6.07, 6.45) is 56.8. The summed E-state index contributed by atoms with van der Waals surface area (Å²) >= 11 is 0. The molecule has 1 aliphatic heterocycles. The Hall–Kier alpha value is -4.36. The molecule has 6 unspecified atom stereocenters. The molecule has 0 radical (unpaired) electrons. The minimum atomic E-state index is -1.92. The van der Waals surface area contributed by atoms with Crippen molar-refractivity contribution in [3.8, 4) is 0 Å². The Morgan fingerprint density at radius 3 is 1.31 bits per heavy atom. The molecule has 0 aliphatic carbocycles. The summed E-state index contributed by atoms with van der Waals surface area (Å²) in [7, 11) is 0. The molecule has 438 valence electrons. The van der Waals surface area contributed by atoms with Crippen molar-refractivity contribution in [2.45, 2.75) is 276 Å². The van der Waals surface area contributed by atoms with E-state index < -0.39 is 67.3 Å². The van der Waals surface area contributed by atoms with Gasteiger partial charge < -0.3 is 39.0 Å². The third-order valence-electron chi connectivity index (χ3n) is 13.1. The number of aliphatic hydroxyl groups excluding tert-OH is 2. The number of carboxylic acids is 1. The van der Waals surface area contributed by atoms with E-state index in [1.807, 2.05) is 12.2 Å². The quantitative estimate of drug-likeness (QED) is 0.0228. The fraction of sp³-hybridized carbons (Fsp3) is 0.692. The van der Waals surface area contributed by atoms with Gasteiger partial charge in [-0.2, -0.15) is 0 Å². The second-order valence-electron chi connectivity index (χ2n) is 20.2. The molecular formula is C65H106O12. The normalized spacial score (nSPS) is 18.7. The Morgan fingerprint density at radius 2 is 0.844 bits per heavy atom. The number of aliphatic carboxylic acids is 1. The predicted octanol–water partition coefficient (Wildman–Crippen LogP) is 15.7. The van der Waals surface area contributed by atoms with Crippen LogP contribution >= 0.6 is 0 Å². The van der Waals surface area contributed by atoms with Crippen molar-refractivity contribution in [1.82, 2.24) is 0 Å². The van der Waals surface area contributed by atoms with E-state index in [0.717, 1.165) is 116 Å². The van der Waals surface area contributed by atoms with Crippen LogP contribution in [0.3, 0.4) is 0 Å².